The maximum atomic E-state index is 11.0. The maximum Gasteiger partial charge on any atom is 0.294 e. The topological polar surface area (TPSA) is 136 Å². The molecule has 11 heteroatoms. The molecule has 0 aliphatic heterocycles. The Labute approximate surface area is 190 Å². The molecule has 0 saturated heterocycles. The van der Waals surface area contributed by atoms with Crippen LogP contribution in [0.2, 0.25) is 0 Å². The van der Waals surface area contributed by atoms with E-state index in [1.807, 2.05) is 19.9 Å². The molecule has 1 aromatic carbocycles. The van der Waals surface area contributed by atoms with E-state index in [2.05, 4.69) is 0 Å². The Hall–Kier alpha value is -1.60. The van der Waals surface area contributed by atoms with Gasteiger partial charge in [-0.15, -0.1) is 0 Å². The van der Waals surface area contributed by atoms with Gasteiger partial charge in [-0.25, -0.2) is 0 Å². The summed E-state index contributed by atoms with van der Waals surface area (Å²) in [7, 11) is -6.49. The van der Waals surface area contributed by atoms with Crippen molar-refractivity contribution in [3.8, 4) is 0 Å². The summed E-state index contributed by atoms with van der Waals surface area (Å²) in [5.41, 5.74) is 0.808. The second kappa shape index (κ2) is 13.2. The molecule has 0 saturated carbocycles. The lowest BCUT2D eigenvalue weighted by atomic mass is 9.81. The molecule has 0 fully saturated rings. The first kappa shape index (κ1) is 28.4. The van der Waals surface area contributed by atoms with Crippen molar-refractivity contribution in [2.75, 3.05) is 40.1 Å². The van der Waals surface area contributed by atoms with Crippen LogP contribution in [0.1, 0.15) is 25.3 Å². The highest BCUT2D eigenvalue weighted by atomic mass is 32.2. The van der Waals surface area contributed by atoms with Crippen molar-refractivity contribution >= 4 is 20.2 Å². The van der Waals surface area contributed by atoms with Gasteiger partial charge in [0.05, 0.1) is 36.2 Å². The van der Waals surface area contributed by atoms with Gasteiger partial charge in [-0.05, 0) is 43.4 Å². The molecule has 0 spiro atoms. The van der Waals surface area contributed by atoms with E-state index in [9.17, 15) is 16.8 Å². The molecule has 0 radical (unpaired) electrons. The highest BCUT2D eigenvalue weighted by molar-refractivity contribution is 7.90. The van der Waals surface area contributed by atoms with E-state index < -0.39 is 20.2 Å². The van der Waals surface area contributed by atoms with Gasteiger partial charge in [-0.2, -0.15) is 16.8 Å². The summed E-state index contributed by atoms with van der Waals surface area (Å²) in [4.78, 5) is -0.101. The third-order valence-corrected chi connectivity index (χ3v) is 6.42. The van der Waals surface area contributed by atoms with Crippen molar-refractivity contribution in [3.63, 3.8) is 0 Å². The van der Waals surface area contributed by atoms with Gasteiger partial charge in [0.15, 0.2) is 0 Å². The van der Waals surface area contributed by atoms with Gasteiger partial charge in [0, 0.05) is 13.7 Å². The van der Waals surface area contributed by atoms with E-state index in [0.717, 1.165) is 12.0 Å². The smallest absolute Gasteiger partial charge is 0.294 e. The molecule has 1 aliphatic carbocycles. The Balaban J connectivity index is 0.000000389. The summed E-state index contributed by atoms with van der Waals surface area (Å²) in [5.74, 6) is 0. The Bertz CT molecular complexity index is 965. The first-order chi connectivity index (χ1) is 14.9. The molecule has 0 amide bonds. The predicted octanol–water partition coefficient (Wildman–Crippen LogP) is 3.04. The van der Waals surface area contributed by atoms with E-state index in [1.165, 1.54) is 18.2 Å². The van der Waals surface area contributed by atoms with Crippen molar-refractivity contribution in [1.29, 1.82) is 0 Å². The lowest BCUT2D eigenvalue weighted by molar-refractivity contribution is 0.0199. The normalized spacial score (nSPS) is 18.6. The molecule has 0 bridgehead atoms. The van der Waals surface area contributed by atoms with E-state index in [1.54, 1.807) is 25.3 Å². The molecular formula is C21H32O9S2. The number of aryl methyl sites for hydroxylation is 1. The van der Waals surface area contributed by atoms with Crippen molar-refractivity contribution < 1.29 is 40.2 Å². The van der Waals surface area contributed by atoms with Crippen molar-refractivity contribution in [2.24, 2.45) is 5.41 Å². The molecule has 0 heterocycles. The van der Waals surface area contributed by atoms with Crippen LogP contribution in [0, 0.1) is 12.3 Å². The van der Waals surface area contributed by atoms with Gasteiger partial charge in [0.1, 0.15) is 0 Å². The Morgan fingerprint density at radius 1 is 0.906 bits per heavy atom. The first-order valence-electron chi connectivity index (χ1n) is 9.93. The number of allylic oxidation sites excluding steroid dienone is 3. The van der Waals surface area contributed by atoms with Gasteiger partial charge >= 0.3 is 0 Å². The molecule has 182 valence electrons. The van der Waals surface area contributed by atoms with E-state index >= 15 is 0 Å². The van der Waals surface area contributed by atoms with Crippen LogP contribution < -0.4 is 0 Å². The number of hydrogen-bond donors (Lipinski definition) is 2. The minimum absolute atomic E-state index is 0.0348. The predicted molar refractivity (Wildman–Crippen MR) is 121 cm³/mol. The maximum absolute atomic E-state index is 11.0. The summed E-state index contributed by atoms with van der Waals surface area (Å²) < 4.78 is 76.1. The lowest BCUT2D eigenvalue weighted by Crippen LogP contribution is -2.19. The standard InChI is InChI=1S/C14H24O6S.C7H8O3S/c1-14(5-3-13(4-6-14)21(15,16)17)7-8-19-11-12-20-10-9-18-2;1-6-2-4-7(5-3-6)11(8,9)10/h3-5H,6-12H2,1-2H3,(H,15,16,17);2-5H,1H3,(H,8,9,10). The van der Waals surface area contributed by atoms with E-state index in [4.69, 9.17) is 23.3 Å². The fourth-order valence-electron chi connectivity index (χ4n) is 2.61. The zero-order valence-corrected chi connectivity index (χ0v) is 20.2. The average Bonchev–Trinajstić information content (AvgIpc) is 2.70. The van der Waals surface area contributed by atoms with Gasteiger partial charge in [-0.3, -0.25) is 9.11 Å². The highest BCUT2D eigenvalue weighted by Gasteiger charge is 2.25. The molecule has 1 atom stereocenters. The second-order valence-corrected chi connectivity index (χ2v) is 10.4. The molecule has 0 aromatic heterocycles. The fraction of sp³-hybridized carbons (Fsp3) is 0.524. The molecule has 1 unspecified atom stereocenters. The quantitative estimate of drug-likeness (QED) is 0.353. The minimum atomic E-state index is -4.10. The number of methoxy groups -OCH3 is 1. The van der Waals surface area contributed by atoms with Crippen LogP contribution in [-0.4, -0.2) is 66.1 Å². The number of rotatable bonds is 11. The largest absolute Gasteiger partial charge is 0.382 e. The van der Waals surface area contributed by atoms with E-state index in [-0.39, 0.29) is 15.2 Å². The molecule has 2 rings (SSSR count). The Morgan fingerprint density at radius 2 is 1.47 bits per heavy atom. The van der Waals surface area contributed by atoms with Crippen LogP contribution >= 0.6 is 0 Å². The van der Waals surface area contributed by atoms with Gasteiger partial charge < -0.3 is 14.2 Å². The molecule has 1 aromatic rings. The highest BCUT2D eigenvalue weighted by Crippen LogP contribution is 2.33. The van der Waals surface area contributed by atoms with Crippen LogP contribution in [0.15, 0.2) is 52.3 Å². The van der Waals surface area contributed by atoms with Gasteiger partial charge in [0.2, 0.25) is 0 Å². The average molecular weight is 493 g/mol. The molecular weight excluding hydrogens is 460 g/mol. The SMILES string of the molecule is COCCOCCOCCC1(C)C=CC(S(=O)(=O)O)=CC1.Cc1ccc(S(=O)(=O)O)cc1. The Kier molecular flexibility index (Phi) is 11.7. The molecule has 32 heavy (non-hydrogen) atoms. The van der Waals surface area contributed by atoms with Crippen LogP contribution in [0.4, 0.5) is 0 Å². The summed E-state index contributed by atoms with van der Waals surface area (Å²) in [6.07, 6.45) is 6.15. The van der Waals surface area contributed by atoms with E-state index in [0.29, 0.717) is 39.5 Å². The monoisotopic (exact) mass is 492 g/mol. The zero-order chi connectivity index (χ0) is 24.3. The first-order valence-corrected chi connectivity index (χ1v) is 12.8. The number of benzene rings is 1. The molecule has 9 nitrogen and oxygen atoms in total. The third kappa shape index (κ3) is 11.3. The summed E-state index contributed by atoms with van der Waals surface area (Å²) in [5, 5.41) is 0. The minimum Gasteiger partial charge on any atom is -0.382 e. The van der Waals surface area contributed by atoms with Crippen LogP contribution in [0.3, 0.4) is 0 Å². The third-order valence-electron chi connectivity index (χ3n) is 4.66. The number of ether oxygens (including phenoxy) is 3. The summed E-state index contributed by atoms with van der Waals surface area (Å²) in [6, 6.07) is 5.99. The van der Waals surface area contributed by atoms with Crippen molar-refractivity contribution in [3.05, 3.63) is 53.0 Å². The van der Waals surface area contributed by atoms with Crippen molar-refractivity contribution in [1.82, 2.24) is 0 Å². The van der Waals surface area contributed by atoms with Crippen LogP contribution in [0.25, 0.3) is 0 Å². The van der Waals surface area contributed by atoms with Crippen molar-refractivity contribution in [2.45, 2.75) is 31.6 Å². The van der Waals surface area contributed by atoms with Gasteiger partial charge in [-0.1, -0.05) is 36.8 Å². The van der Waals surface area contributed by atoms with Crippen LogP contribution in [0.5, 0.6) is 0 Å². The Morgan fingerprint density at radius 3 is 1.94 bits per heavy atom. The summed E-state index contributed by atoms with van der Waals surface area (Å²) in [6.45, 7) is 6.63. The molecule has 1 aliphatic rings. The number of hydrogen-bond acceptors (Lipinski definition) is 7. The fourth-order valence-corrected chi connectivity index (χ4v) is 3.62. The zero-order valence-electron chi connectivity index (χ0n) is 18.6. The summed E-state index contributed by atoms with van der Waals surface area (Å²) >= 11 is 0. The lowest BCUT2D eigenvalue weighted by Gasteiger charge is -2.27. The second-order valence-electron chi connectivity index (χ2n) is 7.53. The van der Waals surface area contributed by atoms with Crippen LogP contribution in [-0.2, 0) is 34.4 Å². The molecule has 2 N–H and O–H groups in total. The van der Waals surface area contributed by atoms with Gasteiger partial charge in [0.25, 0.3) is 20.2 Å².